The van der Waals surface area contributed by atoms with Crippen molar-refractivity contribution in [1.82, 2.24) is 5.06 Å². The lowest BCUT2D eigenvalue weighted by Gasteiger charge is -2.22. The van der Waals surface area contributed by atoms with Gasteiger partial charge in [-0.25, -0.2) is 8.42 Å². The zero-order chi connectivity index (χ0) is 14.9. The number of rotatable bonds is 3. The van der Waals surface area contributed by atoms with E-state index in [1.54, 1.807) is 36.4 Å². The van der Waals surface area contributed by atoms with Gasteiger partial charge >= 0.3 is 0 Å². The average Bonchev–Trinajstić information content (AvgIpc) is 2.91. The molecule has 2 aromatic rings. The second-order valence-electron chi connectivity index (χ2n) is 5.09. The molecule has 1 aliphatic rings. The second kappa shape index (κ2) is 5.60. The third-order valence-corrected chi connectivity index (χ3v) is 5.92. The maximum Gasteiger partial charge on any atom is 0.185 e. The Morgan fingerprint density at radius 1 is 1.00 bits per heavy atom. The van der Waals surface area contributed by atoms with Crippen LogP contribution in [0.5, 0.6) is 0 Å². The molecule has 0 N–H and O–H groups in total. The standard InChI is InChI=1S/C16H17NO3S/c1-17-16(13-8-4-2-5-9-13)15(12-20-17)21(18,19)14-10-6-3-7-11-14/h2-11,15-16H,12H2,1H3/t15-,16+/m0/s1. The van der Waals surface area contributed by atoms with Crippen LogP contribution in [-0.4, -0.2) is 32.4 Å². The lowest BCUT2D eigenvalue weighted by Crippen LogP contribution is -2.30. The quantitative estimate of drug-likeness (QED) is 0.874. The Morgan fingerprint density at radius 3 is 2.19 bits per heavy atom. The van der Waals surface area contributed by atoms with E-state index in [4.69, 9.17) is 4.84 Å². The summed E-state index contributed by atoms with van der Waals surface area (Å²) in [6.07, 6.45) is 0. The van der Waals surface area contributed by atoms with Crippen molar-refractivity contribution in [2.75, 3.05) is 13.7 Å². The summed E-state index contributed by atoms with van der Waals surface area (Å²) in [5, 5.41) is 1.04. The molecule has 1 saturated heterocycles. The molecule has 0 unspecified atom stereocenters. The van der Waals surface area contributed by atoms with Crippen LogP contribution in [-0.2, 0) is 14.7 Å². The molecule has 1 aliphatic heterocycles. The summed E-state index contributed by atoms with van der Waals surface area (Å²) in [6.45, 7) is 0.174. The zero-order valence-electron chi connectivity index (χ0n) is 11.7. The number of hydrogen-bond donors (Lipinski definition) is 0. The first-order valence-corrected chi connectivity index (χ1v) is 8.35. The fourth-order valence-electron chi connectivity index (χ4n) is 2.72. The van der Waals surface area contributed by atoms with Gasteiger partial charge in [-0.05, 0) is 17.7 Å². The summed E-state index contributed by atoms with van der Waals surface area (Å²) in [7, 11) is -1.66. The van der Waals surface area contributed by atoms with Gasteiger partial charge in [-0.3, -0.25) is 4.84 Å². The minimum Gasteiger partial charge on any atom is -0.297 e. The summed E-state index contributed by atoms with van der Waals surface area (Å²) in [5.74, 6) is 0. The predicted molar refractivity (Wildman–Crippen MR) is 80.3 cm³/mol. The number of hydrogen-bond acceptors (Lipinski definition) is 4. The average molecular weight is 303 g/mol. The predicted octanol–water partition coefficient (Wildman–Crippen LogP) is 2.45. The second-order valence-corrected chi connectivity index (χ2v) is 7.26. The molecule has 5 heteroatoms. The van der Waals surface area contributed by atoms with Crippen LogP contribution in [0.1, 0.15) is 11.6 Å². The van der Waals surface area contributed by atoms with E-state index < -0.39 is 15.1 Å². The Morgan fingerprint density at radius 2 is 1.57 bits per heavy atom. The lowest BCUT2D eigenvalue weighted by molar-refractivity contribution is -0.110. The molecule has 0 amide bonds. The molecule has 21 heavy (non-hydrogen) atoms. The molecule has 2 aromatic carbocycles. The van der Waals surface area contributed by atoms with Gasteiger partial charge in [0.15, 0.2) is 9.84 Å². The highest BCUT2D eigenvalue weighted by molar-refractivity contribution is 7.92. The highest BCUT2D eigenvalue weighted by atomic mass is 32.2. The van der Waals surface area contributed by atoms with Crippen molar-refractivity contribution in [3.63, 3.8) is 0 Å². The van der Waals surface area contributed by atoms with Gasteiger partial charge in [0.2, 0.25) is 0 Å². The molecule has 0 aromatic heterocycles. The van der Waals surface area contributed by atoms with Gasteiger partial charge in [-0.15, -0.1) is 0 Å². The van der Waals surface area contributed by atoms with E-state index in [1.807, 2.05) is 36.4 Å². The third-order valence-electron chi connectivity index (χ3n) is 3.80. The maximum absolute atomic E-state index is 12.9. The van der Waals surface area contributed by atoms with Crippen molar-refractivity contribution in [3.05, 3.63) is 66.2 Å². The minimum atomic E-state index is -3.44. The van der Waals surface area contributed by atoms with Crippen molar-refractivity contribution in [3.8, 4) is 0 Å². The lowest BCUT2D eigenvalue weighted by atomic mass is 10.0. The van der Waals surface area contributed by atoms with E-state index in [2.05, 4.69) is 0 Å². The van der Waals surface area contributed by atoms with Crippen molar-refractivity contribution in [2.24, 2.45) is 0 Å². The van der Waals surface area contributed by atoms with Crippen LogP contribution in [0.15, 0.2) is 65.6 Å². The fourth-order valence-corrected chi connectivity index (χ4v) is 4.51. The molecule has 110 valence electrons. The zero-order valence-corrected chi connectivity index (χ0v) is 12.5. The number of sulfone groups is 1. The van der Waals surface area contributed by atoms with Crippen molar-refractivity contribution in [1.29, 1.82) is 0 Å². The van der Waals surface area contributed by atoms with E-state index in [1.165, 1.54) is 0 Å². The van der Waals surface area contributed by atoms with Crippen LogP contribution >= 0.6 is 0 Å². The Kier molecular flexibility index (Phi) is 3.80. The summed E-state index contributed by atoms with van der Waals surface area (Å²) in [5.41, 5.74) is 0.946. The van der Waals surface area contributed by atoms with Crippen LogP contribution in [0.3, 0.4) is 0 Å². The Labute approximate surface area is 124 Å². The first kappa shape index (κ1) is 14.3. The summed E-state index contributed by atoms with van der Waals surface area (Å²) in [4.78, 5) is 5.84. The summed E-state index contributed by atoms with van der Waals surface area (Å²) in [6, 6.07) is 17.9. The topological polar surface area (TPSA) is 46.6 Å². The van der Waals surface area contributed by atoms with Crippen molar-refractivity contribution < 1.29 is 13.3 Å². The Balaban J connectivity index is 2.01. The number of hydroxylamine groups is 2. The van der Waals surface area contributed by atoms with Crippen LogP contribution in [0.2, 0.25) is 0 Å². The summed E-state index contributed by atoms with van der Waals surface area (Å²) < 4.78 is 25.7. The van der Waals surface area contributed by atoms with Crippen LogP contribution in [0.25, 0.3) is 0 Å². The first-order chi connectivity index (χ1) is 10.1. The van der Waals surface area contributed by atoms with Crippen LogP contribution in [0.4, 0.5) is 0 Å². The van der Waals surface area contributed by atoms with Gasteiger partial charge < -0.3 is 0 Å². The number of benzene rings is 2. The monoisotopic (exact) mass is 303 g/mol. The first-order valence-electron chi connectivity index (χ1n) is 6.80. The molecule has 4 nitrogen and oxygen atoms in total. The molecule has 0 bridgehead atoms. The van der Waals surface area contributed by atoms with Crippen LogP contribution < -0.4 is 0 Å². The van der Waals surface area contributed by atoms with Gasteiger partial charge in [0.05, 0.1) is 17.5 Å². The molecular formula is C16H17NO3S. The SMILES string of the molecule is CN1OC[C@H](S(=O)(=O)c2ccccc2)[C@H]1c1ccccc1. The molecule has 0 spiro atoms. The molecule has 2 atom stereocenters. The smallest absolute Gasteiger partial charge is 0.185 e. The van der Waals surface area contributed by atoms with Gasteiger partial charge in [-0.2, -0.15) is 5.06 Å². The maximum atomic E-state index is 12.9. The van der Waals surface area contributed by atoms with E-state index in [9.17, 15) is 8.42 Å². The van der Waals surface area contributed by atoms with E-state index >= 15 is 0 Å². The molecule has 0 aliphatic carbocycles. The largest absolute Gasteiger partial charge is 0.297 e. The van der Waals surface area contributed by atoms with Crippen molar-refractivity contribution in [2.45, 2.75) is 16.2 Å². The Hall–Kier alpha value is -1.69. The molecule has 1 heterocycles. The van der Waals surface area contributed by atoms with E-state index in [-0.39, 0.29) is 12.6 Å². The van der Waals surface area contributed by atoms with Gasteiger partial charge in [-0.1, -0.05) is 48.5 Å². The Bertz CT molecular complexity index is 701. The van der Waals surface area contributed by atoms with Gasteiger partial charge in [0.1, 0.15) is 5.25 Å². The molecule has 0 radical (unpaired) electrons. The normalized spacial score (nSPS) is 23.3. The van der Waals surface area contributed by atoms with Gasteiger partial charge in [0, 0.05) is 7.05 Å². The molecular weight excluding hydrogens is 286 g/mol. The molecule has 0 saturated carbocycles. The molecule has 1 fully saturated rings. The number of nitrogens with zero attached hydrogens (tertiary/aromatic N) is 1. The highest BCUT2D eigenvalue weighted by Crippen LogP contribution is 2.36. The van der Waals surface area contributed by atoms with E-state index in [0.29, 0.717) is 4.90 Å². The van der Waals surface area contributed by atoms with Gasteiger partial charge in [0.25, 0.3) is 0 Å². The summed E-state index contributed by atoms with van der Waals surface area (Å²) >= 11 is 0. The highest BCUT2D eigenvalue weighted by Gasteiger charge is 2.43. The fraction of sp³-hybridized carbons (Fsp3) is 0.250. The minimum absolute atomic E-state index is 0.174. The van der Waals surface area contributed by atoms with Crippen LogP contribution in [0, 0.1) is 0 Å². The molecule has 3 rings (SSSR count). The third kappa shape index (κ3) is 2.60. The van der Waals surface area contributed by atoms with Crippen molar-refractivity contribution >= 4 is 9.84 Å². The van der Waals surface area contributed by atoms with E-state index in [0.717, 1.165) is 5.56 Å².